The van der Waals surface area contributed by atoms with Crippen LogP contribution in [0.25, 0.3) is 0 Å². The lowest BCUT2D eigenvalue weighted by Crippen LogP contribution is -2.14. The number of hydrogen-bond donors (Lipinski definition) is 2. The molecule has 0 aromatic heterocycles. The van der Waals surface area contributed by atoms with Crippen LogP contribution in [0.5, 0.6) is 11.5 Å². The summed E-state index contributed by atoms with van der Waals surface area (Å²) in [5.74, 6) is 0.659. The van der Waals surface area contributed by atoms with Crippen molar-refractivity contribution in [2.24, 2.45) is 0 Å². The maximum absolute atomic E-state index is 11.0. The summed E-state index contributed by atoms with van der Waals surface area (Å²) in [5.41, 5.74) is 6.16. The first-order chi connectivity index (χ1) is 14.8. The summed E-state index contributed by atoms with van der Waals surface area (Å²) in [6, 6.07) is 20.3. The Morgan fingerprint density at radius 3 is 1.28 bits per heavy atom. The number of phenols is 2. The molecule has 2 nitrogen and oxygen atoms in total. The maximum Gasteiger partial charge on any atom is 0.119 e. The van der Waals surface area contributed by atoms with Crippen molar-refractivity contribution in [3.8, 4) is 11.5 Å². The van der Waals surface area contributed by atoms with Crippen LogP contribution in [0.1, 0.15) is 101 Å². The van der Waals surface area contributed by atoms with Crippen molar-refractivity contribution < 1.29 is 10.2 Å². The van der Waals surface area contributed by atoms with Gasteiger partial charge in [-0.3, -0.25) is 0 Å². The molecule has 32 heavy (non-hydrogen) atoms. The van der Waals surface area contributed by atoms with Gasteiger partial charge in [-0.05, 0) is 51.1 Å². The van der Waals surface area contributed by atoms with E-state index in [4.69, 9.17) is 0 Å². The molecule has 0 aliphatic heterocycles. The lowest BCUT2D eigenvalue weighted by atomic mass is 9.78. The zero-order chi connectivity index (χ0) is 23.8. The molecule has 3 aromatic rings. The molecule has 2 heteroatoms. The fourth-order valence-electron chi connectivity index (χ4n) is 4.10. The summed E-state index contributed by atoms with van der Waals surface area (Å²) in [6.45, 7) is 17.4. The lowest BCUT2D eigenvalue weighted by Gasteiger charge is -2.27. The van der Waals surface area contributed by atoms with Gasteiger partial charge in [0.25, 0.3) is 0 Å². The van der Waals surface area contributed by atoms with Crippen LogP contribution in [-0.2, 0) is 10.8 Å². The van der Waals surface area contributed by atoms with Crippen molar-refractivity contribution in [3.63, 3.8) is 0 Å². The van der Waals surface area contributed by atoms with Crippen LogP contribution in [0.2, 0.25) is 0 Å². The molecule has 170 valence electrons. The minimum Gasteiger partial charge on any atom is -0.508 e. The molecule has 0 saturated heterocycles. The number of aromatic hydroxyl groups is 2. The highest BCUT2D eigenvalue weighted by Gasteiger charge is 2.27. The van der Waals surface area contributed by atoms with Gasteiger partial charge in [0.15, 0.2) is 0 Å². The first-order valence-electron chi connectivity index (χ1n) is 11.6. The average Bonchev–Trinajstić information content (AvgIpc) is 2.69. The predicted molar refractivity (Wildman–Crippen MR) is 135 cm³/mol. The zero-order valence-corrected chi connectivity index (χ0v) is 20.8. The van der Waals surface area contributed by atoms with Crippen molar-refractivity contribution in [2.45, 2.75) is 78.1 Å². The van der Waals surface area contributed by atoms with E-state index in [1.807, 2.05) is 12.1 Å². The number of hydrogen-bond acceptors (Lipinski definition) is 2. The highest BCUT2D eigenvalue weighted by Crippen LogP contribution is 2.43. The molecule has 0 amide bonds. The van der Waals surface area contributed by atoms with Gasteiger partial charge in [0.2, 0.25) is 0 Å². The first kappa shape index (κ1) is 23.9. The minimum absolute atomic E-state index is 0.0518. The van der Waals surface area contributed by atoms with Crippen molar-refractivity contribution in [1.29, 1.82) is 0 Å². The SMILES string of the molecule is CC(C)c1ccc(C(c2cc(C(C)(C)C)ccc2O)c2cc(C(C)(C)C)ccc2O)cc1. The van der Waals surface area contributed by atoms with Gasteiger partial charge in [-0.1, -0.05) is 104 Å². The Hall–Kier alpha value is -2.74. The van der Waals surface area contributed by atoms with Gasteiger partial charge in [-0.2, -0.15) is 0 Å². The summed E-state index contributed by atoms with van der Waals surface area (Å²) in [7, 11) is 0. The summed E-state index contributed by atoms with van der Waals surface area (Å²) in [5, 5.41) is 21.9. The van der Waals surface area contributed by atoms with Gasteiger partial charge in [-0.15, -0.1) is 0 Å². The fourth-order valence-corrected chi connectivity index (χ4v) is 4.10. The molecule has 3 aromatic carbocycles. The van der Waals surface area contributed by atoms with Crippen molar-refractivity contribution in [3.05, 3.63) is 94.0 Å². The van der Waals surface area contributed by atoms with E-state index < -0.39 is 0 Å². The quantitative estimate of drug-likeness (QED) is 0.412. The number of phenolic OH excluding ortho intramolecular Hbond substituents is 2. The fraction of sp³-hybridized carbons (Fsp3) is 0.400. The first-order valence-corrected chi connectivity index (χ1v) is 11.6. The summed E-state index contributed by atoms with van der Waals surface area (Å²) >= 11 is 0. The Balaban J connectivity index is 2.29. The maximum atomic E-state index is 11.0. The number of benzene rings is 3. The molecule has 0 fully saturated rings. The Labute approximate surface area is 194 Å². The van der Waals surface area contributed by atoms with Crippen LogP contribution in [0.4, 0.5) is 0 Å². The molecular formula is C30H38O2. The third-order valence-corrected chi connectivity index (χ3v) is 6.35. The van der Waals surface area contributed by atoms with E-state index in [1.54, 1.807) is 12.1 Å². The van der Waals surface area contributed by atoms with E-state index in [2.05, 4.69) is 91.8 Å². The van der Waals surface area contributed by atoms with E-state index >= 15 is 0 Å². The van der Waals surface area contributed by atoms with Crippen LogP contribution < -0.4 is 0 Å². The second-order valence-electron chi connectivity index (χ2n) is 11.3. The molecule has 0 spiro atoms. The second kappa shape index (κ2) is 8.65. The monoisotopic (exact) mass is 430 g/mol. The van der Waals surface area contributed by atoms with Crippen LogP contribution in [-0.4, -0.2) is 10.2 Å². The van der Waals surface area contributed by atoms with E-state index in [-0.39, 0.29) is 28.2 Å². The molecule has 0 heterocycles. The lowest BCUT2D eigenvalue weighted by molar-refractivity contribution is 0.457. The average molecular weight is 431 g/mol. The Kier molecular flexibility index (Phi) is 6.47. The summed E-state index contributed by atoms with van der Waals surface area (Å²) in [4.78, 5) is 0. The molecule has 0 radical (unpaired) electrons. The molecule has 3 rings (SSSR count). The number of rotatable bonds is 4. The topological polar surface area (TPSA) is 40.5 Å². The molecular weight excluding hydrogens is 392 g/mol. The molecule has 0 bridgehead atoms. The normalized spacial score (nSPS) is 12.6. The Morgan fingerprint density at radius 1 is 0.562 bits per heavy atom. The zero-order valence-electron chi connectivity index (χ0n) is 20.8. The van der Waals surface area contributed by atoms with Gasteiger partial charge in [0, 0.05) is 17.0 Å². The summed E-state index contributed by atoms with van der Waals surface area (Å²) in [6.07, 6.45) is 0. The van der Waals surface area contributed by atoms with Gasteiger partial charge in [0.1, 0.15) is 11.5 Å². The third-order valence-electron chi connectivity index (χ3n) is 6.35. The van der Waals surface area contributed by atoms with Crippen molar-refractivity contribution in [1.82, 2.24) is 0 Å². The van der Waals surface area contributed by atoms with Crippen LogP contribution in [0.3, 0.4) is 0 Å². The van der Waals surface area contributed by atoms with E-state index in [1.165, 1.54) is 5.56 Å². The van der Waals surface area contributed by atoms with Gasteiger partial charge >= 0.3 is 0 Å². The van der Waals surface area contributed by atoms with E-state index in [0.29, 0.717) is 5.92 Å². The third kappa shape index (κ3) is 5.01. The molecule has 0 unspecified atom stereocenters. The van der Waals surface area contributed by atoms with Crippen LogP contribution in [0.15, 0.2) is 60.7 Å². The molecule has 2 N–H and O–H groups in total. The second-order valence-corrected chi connectivity index (χ2v) is 11.3. The van der Waals surface area contributed by atoms with E-state index in [9.17, 15) is 10.2 Å². The standard InChI is InChI=1S/C30H38O2/c1-19(2)20-9-11-21(12-10-20)28(24-17-22(29(3,4)5)13-15-26(24)31)25-18-23(30(6,7)8)14-16-27(25)32/h9-19,28,31-32H,1-8H3. The minimum atomic E-state index is -0.277. The van der Waals surface area contributed by atoms with Crippen LogP contribution >= 0.6 is 0 Å². The van der Waals surface area contributed by atoms with Crippen LogP contribution in [0, 0.1) is 0 Å². The smallest absolute Gasteiger partial charge is 0.119 e. The van der Waals surface area contributed by atoms with Crippen molar-refractivity contribution >= 4 is 0 Å². The predicted octanol–water partition coefficient (Wildman–Crippen LogP) is 8.00. The Bertz CT molecular complexity index is 1010. The van der Waals surface area contributed by atoms with Gasteiger partial charge in [0.05, 0.1) is 0 Å². The van der Waals surface area contributed by atoms with Gasteiger partial charge < -0.3 is 10.2 Å². The summed E-state index contributed by atoms with van der Waals surface area (Å²) < 4.78 is 0. The largest absolute Gasteiger partial charge is 0.508 e. The highest BCUT2D eigenvalue weighted by atomic mass is 16.3. The molecule has 0 aliphatic rings. The van der Waals surface area contributed by atoms with Gasteiger partial charge in [-0.25, -0.2) is 0 Å². The molecule has 0 aliphatic carbocycles. The highest BCUT2D eigenvalue weighted by molar-refractivity contribution is 5.55. The molecule has 0 atom stereocenters. The van der Waals surface area contributed by atoms with E-state index in [0.717, 1.165) is 27.8 Å². The molecule has 0 saturated carbocycles. The van der Waals surface area contributed by atoms with Crippen molar-refractivity contribution in [2.75, 3.05) is 0 Å². The Morgan fingerprint density at radius 2 is 0.938 bits per heavy atom.